The Kier molecular flexibility index (Phi) is 4.74. The van der Waals surface area contributed by atoms with Gasteiger partial charge in [-0.2, -0.15) is 0 Å². The number of carbonyl (C=O) groups excluding carboxylic acids is 1. The van der Waals surface area contributed by atoms with Gasteiger partial charge in [-0.25, -0.2) is 0 Å². The third-order valence-electron chi connectivity index (χ3n) is 8.81. The molecule has 176 valence electrons. The Morgan fingerprint density at radius 1 is 1.24 bits per heavy atom. The first-order chi connectivity index (χ1) is 16.4. The number of hydrogen-bond donors (Lipinski definition) is 1. The van der Waals surface area contributed by atoms with Crippen LogP contribution in [-0.2, 0) is 16.6 Å². The number of aliphatic hydroxyl groups is 1. The SMILES string of the molecule is COc1ccc2c3c1O[C@H]1[C@@H](N(C)C(=O)C#Cc4ccccc4)CC[C@@]4(O)[C@@H](C2)N(C)CC[C@]314. The Hall–Kier alpha value is -3.01. The van der Waals surface area contributed by atoms with Gasteiger partial charge in [0.2, 0.25) is 0 Å². The summed E-state index contributed by atoms with van der Waals surface area (Å²) in [4.78, 5) is 17.2. The lowest BCUT2D eigenvalue weighted by Crippen LogP contribution is -2.77. The molecular weight excluding hydrogens is 428 g/mol. The zero-order valence-corrected chi connectivity index (χ0v) is 19.9. The maximum atomic E-state index is 13.2. The molecule has 2 aromatic carbocycles. The zero-order chi connectivity index (χ0) is 23.7. The molecule has 0 unspecified atom stereocenters. The van der Waals surface area contributed by atoms with E-state index in [1.165, 1.54) is 5.56 Å². The topological polar surface area (TPSA) is 62.2 Å². The maximum absolute atomic E-state index is 13.2. The normalized spacial score (nSPS) is 32.6. The summed E-state index contributed by atoms with van der Waals surface area (Å²) in [5.41, 5.74) is 1.66. The van der Waals surface area contributed by atoms with Gasteiger partial charge in [0.15, 0.2) is 11.5 Å². The first-order valence-corrected chi connectivity index (χ1v) is 12.0. The number of benzene rings is 2. The van der Waals surface area contributed by atoms with Gasteiger partial charge < -0.3 is 24.4 Å². The van der Waals surface area contributed by atoms with Crippen molar-refractivity contribution in [2.75, 3.05) is 27.7 Å². The summed E-state index contributed by atoms with van der Waals surface area (Å²) in [5, 5.41) is 12.3. The number of amides is 1. The molecule has 1 N–H and O–H groups in total. The van der Waals surface area contributed by atoms with E-state index < -0.39 is 11.0 Å². The number of nitrogens with zero attached hydrogens (tertiary/aromatic N) is 2. The van der Waals surface area contributed by atoms with Crippen molar-refractivity contribution in [3.05, 3.63) is 59.2 Å². The van der Waals surface area contributed by atoms with Crippen LogP contribution in [0.15, 0.2) is 42.5 Å². The summed E-state index contributed by atoms with van der Waals surface area (Å²) >= 11 is 0. The van der Waals surface area contributed by atoms with Crippen LogP contribution in [0.5, 0.6) is 11.5 Å². The third-order valence-corrected chi connectivity index (χ3v) is 8.81. The summed E-state index contributed by atoms with van der Waals surface area (Å²) < 4.78 is 12.4. The first kappa shape index (κ1) is 21.5. The summed E-state index contributed by atoms with van der Waals surface area (Å²) in [5.74, 6) is 7.00. The highest BCUT2D eigenvalue weighted by Crippen LogP contribution is 2.65. The van der Waals surface area contributed by atoms with Crippen molar-refractivity contribution >= 4 is 5.91 Å². The quantitative estimate of drug-likeness (QED) is 0.701. The molecule has 2 fully saturated rings. The van der Waals surface area contributed by atoms with E-state index in [9.17, 15) is 9.90 Å². The molecular formula is C28H30N2O4. The Morgan fingerprint density at radius 3 is 2.79 bits per heavy atom. The van der Waals surface area contributed by atoms with E-state index in [1.807, 2.05) is 43.4 Å². The Bertz CT molecular complexity index is 1220. The average Bonchev–Trinajstić information content (AvgIpc) is 3.20. The lowest BCUT2D eigenvalue weighted by atomic mass is 9.48. The highest BCUT2D eigenvalue weighted by Gasteiger charge is 2.73. The van der Waals surface area contributed by atoms with E-state index in [0.29, 0.717) is 18.6 Å². The van der Waals surface area contributed by atoms with Crippen molar-refractivity contribution in [3.8, 4) is 23.3 Å². The van der Waals surface area contributed by atoms with Crippen LogP contribution >= 0.6 is 0 Å². The van der Waals surface area contributed by atoms with Crippen LogP contribution in [0.4, 0.5) is 0 Å². The van der Waals surface area contributed by atoms with E-state index in [4.69, 9.17) is 9.47 Å². The number of carbonyl (C=O) groups is 1. The molecule has 2 heterocycles. The molecule has 2 aliphatic carbocycles. The second-order valence-electron chi connectivity index (χ2n) is 10.2. The van der Waals surface area contributed by atoms with E-state index in [-0.39, 0.29) is 24.1 Å². The van der Waals surface area contributed by atoms with Gasteiger partial charge in [-0.1, -0.05) is 30.2 Å². The van der Waals surface area contributed by atoms with Gasteiger partial charge in [0, 0.05) is 30.1 Å². The molecule has 2 aromatic rings. The minimum absolute atomic E-state index is 0.0269. The molecule has 0 radical (unpaired) electrons. The molecule has 1 amide bonds. The molecule has 1 saturated heterocycles. The van der Waals surface area contributed by atoms with E-state index >= 15 is 0 Å². The third kappa shape index (κ3) is 2.68. The minimum Gasteiger partial charge on any atom is -0.493 e. The first-order valence-electron chi connectivity index (χ1n) is 12.0. The highest BCUT2D eigenvalue weighted by molar-refractivity contribution is 5.94. The molecule has 34 heavy (non-hydrogen) atoms. The largest absolute Gasteiger partial charge is 0.493 e. The van der Waals surface area contributed by atoms with Gasteiger partial charge in [-0.05, 0) is 63.0 Å². The molecule has 6 nitrogen and oxygen atoms in total. The highest BCUT2D eigenvalue weighted by atomic mass is 16.5. The fourth-order valence-electron chi connectivity index (χ4n) is 7.16. The van der Waals surface area contributed by atoms with Crippen LogP contribution in [-0.4, -0.2) is 72.4 Å². The monoisotopic (exact) mass is 458 g/mol. The Labute approximate surface area is 200 Å². The number of methoxy groups -OCH3 is 1. The van der Waals surface area contributed by atoms with Gasteiger partial charge in [0.05, 0.1) is 24.2 Å². The fraction of sp³-hybridized carbons (Fsp3) is 0.464. The summed E-state index contributed by atoms with van der Waals surface area (Å²) in [6, 6.07) is 13.5. The summed E-state index contributed by atoms with van der Waals surface area (Å²) in [7, 11) is 5.57. The van der Waals surface area contributed by atoms with Crippen LogP contribution in [0, 0.1) is 11.8 Å². The predicted octanol–water partition coefficient (Wildman–Crippen LogP) is 2.36. The van der Waals surface area contributed by atoms with Crippen molar-refractivity contribution in [2.24, 2.45) is 0 Å². The van der Waals surface area contributed by atoms with Gasteiger partial charge >= 0.3 is 0 Å². The van der Waals surface area contributed by atoms with Crippen LogP contribution in [0.25, 0.3) is 0 Å². The Balaban J connectivity index is 1.42. The molecule has 0 aromatic heterocycles. The van der Waals surface area contributed by atoms with Crippen molar-refractivity contribution in [1.82, 2.24) is 9.80 Å². The van der Waals surface area contributed by atoms with Crippen molar-refractivity contribution in [2.45, 2.75) is 54.9 Å². The number of ether oxygens (including phenoxy) is 2. The van der Waals surface area contributed by atoms with Crippen molar-refractivity contribution in [3.63, 3.8) is 0 Å². The molecule has 1 spiro atoms. The van der Waals surface area contributed by atoms with Crippen LogP contribution in [0.2, 0.25) is 0 Å². The molecule has 6 rings (SSSR count). The second-order valence-corrected chi connectivity index (χ2v) is 10.2. The van der Waals surface area contributed by atoms with E-state index in [0.717, 1.165) is 36.3 Å². The second kappa shape index (κ2) is 7.49. The average molecular weight is 459 g/mol. The smallest absolute Gasteiger partial charge is 0.298 e. The summed E-state index contributed by atoms with van der Waals surface area (Å²) in [6.45, 7) is 0.876. The van der Waals surface area contributed by atoms with Gasteiger partial charge in [0.1, 0.15) is 6.10 Å². The molecule has 2 aliphatic heterocycles. The van der Waals surface area contributed by atoms with Gasteiger partial charge in [0.25, 0.3) is 5.91 Å². The lowest BCUT2D eigenvalue weighted by molar-refractivity contribution is -0.195. The minimum atomic E-state index is -0.911. The molecule has 5 atom stereocenters. The van der Waals surface area contributed by atoms with Crippen LogP contribution in [0.3, 0.4) is 0 Å². The van der Waals surface area contributed by atoms with Gasteiger partial charge in [-0.3, -0.25) is 4.79 Å². The fourth-order valence-corrected chi connectivity index (χ4v) is 7.16. The van der Waals surface area contributed by atoms with Gasteiger partial charge in [-0.15, -0.1) is 0 Å². The number of piperidine rings is 1. The lowest BCUT2D eigenvalue weighted by Gasteiger charge is -2.64. The van der Waals surface area contributed by atoms with Crippen LogP contribution in [0.1, 0.15) is 36.0 Å². The number of likely N-dealkylation sites (tertiary alicyclic amines) is 1. The van der Waals surface area contributed by atoms with E-state index in [1.54, 1.807) is 12.0 Å². The Morgan fingerprint density at radius 2 is 2.03 bits per heavy atom. The molecule has 4 aliphatic rings. The zero-order valence-electron chi connectivity index (χ0n) is 19.9. The van der Waals surface area contributed by atoms with E-state index in [2.05, 4.69) is 29.9 Å². The standard InChI is InChI=1S/C28H30N2O4/c1-29-16-15-27-24-19-10-11-21(33-3)25(24)34-26(27)20(13-14-28(27,32)22(29)17-19)30(2)23(31)12-9-18-7-5-4-6-8-18/h4-8,10-11,20,22,26,32H,13-17H2,1-3H3/t20-,22+,26-,27-,28+/m0/s1. The molecule has 1 saturated carbocycles. The summed E-state index contributed by atoms with van der Waals surface area (Å²) in [6.07, 6.45) is 2.50. The number of rotatable bonds is 2. The van der Waals surface area contributed by atoms with Crippen molar-refractivity contribution in [1.29, 1.82) is 0 Å². The molecule has 2 bridgehead atoms. The number of hydrogen-bond acceptors (Lipinski definition) is 5. The molecule has 6 heteroatoms. The van der Waals surface area contributed by atoms with Crippen molar-refractivity contribution < 1.29 is 19.4 Å². The predicted molar refractivity (Wildman–Crippen MR) is 128 cm³/mol. The number of likely N-dealkylation sites (N-methyl/N-ethyl adjacent to an activating group) is 2. The maximum Gasteiger partial charge on any atom is 0.298 e. The van der Waals surface area contributed by atoms with Crippen LogP contribution < -0.4 is 9.47 Å².